The lowest BCUT2D eigenvalue weighted by atomic mass is 10.1. The number of Topliss-reactive ketones (excluding diaryl/α,β-unsaturated/α-hetero) is 2. The number of hydrogen-bond donors (Lipinski definition) is 0. The number of methoxy groups -OCH3 is 2. The quantitative estimate of drug-likeness (QED) is 0.0827. The van der Waals surface area contributed by atoms with Crippen LogP contribution in [0, 0.1) is 0 Å². The van der Waals surface area contributed by atoms with Crippen LogP contribution in [-0.2, 0) is 28.7 Å². The predicted octanol–water partition coefficient (Wildman–Crippen LogP) is 4.80. The Balaban J connectivity index is 1.87. The van der Waals surface area contributed by atoms with Crippen LogP contribution in [0.3, 0.4) is 0 Å². The van der Waals surface area contributed by atoms with E-state index < -0.39 is 37.3 Å². The smallest absolute Gasteiger partial charge is 0.343 e. The Labute approximate surface area is 303 Å². The third-order valence-electron chi connectivity index (χ3n) is 8.93. The fraction of sp³-hybridized carbons (Fsp3) is 0.0455. The summed E-state index contributed by atoms with van der Waals surface area (Å²) in [4.78, 5) is 59.9. The molecule has 0 fully saturated rings. The SMILES string of the molecule is COC(=O)C(C(=O)C(=O)C(C(=O)OC)=P(c1ccccc1)(c1ccccc1)c1ccccc1)=P(c1ccccc1)(c1ccccc1)c1ccccc1. The number of rotatable bonds is 11. The first-order valence-corrected chi connectivity index (χ1v) is 20.1. The maximum Gasteiger partial charge on any atom is 0.343 e. The van der Waals surface area contributed by atoms with Gasteiger partial charge in [0.15, 0.2) is 0 Å². The molecule has 0 aliphatic rings. The third-order valence-corrected chi connectivity index (χ3v) is 17.5. The average molecular weight is 723 g/mol. The number of ketones is 2. The van der Waals surface area contributed by atoms with Gasteiger partial charge < -0.3 is 9.47 Å². The van der Waals surface area contributed by atoms with Crippen LogP contribution in [0.15, 0.2) is 182 Å². The minimum Gasteiger partial charge on any atom is -0.465 e. The summed E-state index contributed by atoms with van der Waals surface area (Å²) in [6.07, 6.45) is 0. The van der Waals surface area contributed by atoms with Gasteiger partial charge in [-0.25, -0.2) is 9.59 Å². The van der Waals surface area contributed by atoms with Gasteiger partial charge >= 0.3 is 11.9 Å². The van der Waals surface area contributed by atoms with Crippen LogP contribution in [-0.4, -0.2) is 48.3 Å². The zero-order valence-corrected chi connectivity index (χ0v) is 30.5. The Kier molecular flexibility index (Phi) is 11.1. The van der Waals surface area contributed by atoms with E-state index in [1.807, 2.05) is 182 Å². The highest BCUT2D eigenvalue weighted by Gasteiger charge is 2.45. The van der Waals surface area contributed by atoms with E-state index in [-0.39, 0.29) is 10.6 Å². The van der Waals surface area contributed by atoms with Gasteiger partial charge in [-0.3, -0.25) is 9.59 Å². The van der Waals surface area contributed by atoms with Crippen molar-refractivity contribution in [2.45, 2.75) is 0 Å². The van der Waals surface area contributed by atoms with Gasteiger partial charge in [0.2, 0.25) is 11.6 Å². The van der Waals surface area contributed by atoms with Gasteiger partial charge in [-0.05, 0) is 45.6 Å². The maximum atomic E-state index is 15.5. The Morgan fingerprint density at radius 1 is 0.327 bits per heavy atom. The van der Waals surface area contributed by atoms with Gasteiger partial charge in [0.1, 0.15) is 10.6 Å². The Morgan fingerprint density at radius 2 is 0.500 bits per heavy atom. The van der Waals surface area contributed by atoms with E-state index in [0.29, 0.717) is 31.8 Å². The Hall–Kier alpha value is -5.80. The van der Waals surface area contributed by atoms with Crippen molar-refractivity contribution in [1.82, 2.24) is 0 Å². The molecule has 6 rings (SSSR count). The van der Waals surface area contributed by atoms with Crippen molar-refractivity contribution in [1.29, 1.82) is 0 Å². The number of hydrogen-bond acceptors (Lipinski definition) is 6. The average Bonchev–Trinajstić information content (AvgIpc) is 3.23. The van der Waals surface area contributed by atoms with E-state index >= 15 is 9.59 Å². The maximum absolute atomic E-state index is 15.5. The molecule has 0 bridgehead atoms. The first-order chi connectivity index (χ1) is 25.4. The highest BCUT2D eigenvalue weighted by Crippen LogP contribution is 2.49. The minimum absolute atomic E-state index is 0.350. The summed E-state index contributed by atoms with van der Waals surface area (Å²) >= 11 is 0. The van der Waals surface area contributed by atoms with E-state index in [1.165, 1.54) is 14.2 Å². The van der Waals surface area contributed by atoms with Crippen molar-refractivity contribution in [3.63, 3.8) is 0 Å². The molecule has 258 valence electrons. The van der Waals surface area contributed by atoms with E-state index in [2.05, 4.69) is 0 Å². The molecule has 0 spiro atoms. The van der Waals surface area contributed by atoms with Crippen LogP contribution in [0.25, 0.3) is 0 Å². The summed E-state index contributed by atoms with van der Waals surface area (Å²) < 4.78 is 10.8. The van der Waals surface area contributed by atoms with Crippen LogP contribution in [0.4, 0.5) is 0 Å². The molecule has 0 saturated carbocycles. The summed E-state index contributed by atoms with van der Waals surface area (Å²) in [6, 6.07) is 55.4. The lowest BCUT2D eigenvalue weighted by molar-refractivity contribution is -0.137. The van der Waals surface area contributed by atoms with E-state index in [4.69, 9.17) is 9.47 Å². The van der Waals surface area contributed by atoms with Gasteiger partial charge in [0.25, 0.3) is 0 Å². The van der Waals surface area contributed by atoms with Gasteiger partial charge in [-0.15, -0.1) is 0 Å². The number of esters is 2. The molecule has 8 heteroatoms. The molecule has 52 heavy (non-hydrogen) atoms. The molecule has 0 amide bonds. The summed E-state index contributed by atoms with van der Waals surface area (Å²) in [7, 11) is 2.38. The summed E-state index contributed by atoms with van der Waals surface area (Å²) in [5, 5.41) is 3.24. The van der Waals surface area contributed by atoms with Crippen LogP contribution in [0.2, 0.25) is 0 Å². The summed E-state index contributed by atoms with van der Waals surface area (Å²) in [5.74, 6) is -4.19. The van der Waals surface area contributed by atoms with Gasteiger partial charge in [0.05, 0.1) is 14.2 Å². The molecular weight excluding hydrogens is 686 g/mol. The van der Waals surface area contributed by atoms with Crippen LogP contribution < -0.4 is 31.8 Å². The topological polar surface area (TPSA) is 86.7 Å². The summed E-state index contributed by atoms with van der Waals surface area (Å²) in [6.45, 7) is -6.95. The van der Waals surface area contributed by atoms with Gasteiger partial charge in [-0.2, -0.15) is 0 Å². The largest absolute Gasteiger partial charge is 0.465 e. The molecule has 0 radical (unpaired) electrons. The van der Waals surface area contributed by atoms with Crippen molar-refractivity contribution in [3.8, 4) is 0 Å². The second-order valence-corrected chi connectivity index (χ2v) is 18.4. The Morgan fingerprint density at radius 3 is 0.654 bits per heavy atom. The van der Waals surface area contributed by atoms with Crippen molar-refractivity contribution >= 4 is 79.7 Å². The van der Waals surface area contributed by atoms with Crippen LogP contribution in [0.5, 0.6) is 0 Å². The fourth-order valence-electron chi connectivity index (χ4n) is 6.75. The standard InChI is InChI=1S/C44H36O6P2/c1-49-43(47)41(51(33-21-9-3-10-22-33,34-23-11-4-12-24-34)35-25-13-5-14-26-35)39(45)40(46)42(44(48)50-2)52(36-27-15-6-16-28-36,37-29-17-7-18-30-37)38-31-19-8-20-32-38/h3-32H,1-2H3. The molecule has 0 saturated heterocycles. The lowest BCUT2D eigenvalue weighted by Crippen LogP contribution is -2.46. The second-order valence-electron chi connectivity index (χ2n) is 11.7. The molecule has 0 aliphatic heterocycles. The van der Waals surface area contributed by atoms with Gasteiger partial charge in [0, 0.05) is 0 Å². The minimum atomic E-state index is -3.47. The molecule has 0 aromatic heterocycles. The number of ether oxygens (including phenoxy) is 2. The normalized spacial score (nSPS) is 11.2. The third kappa shape index (κ3) is 6.32. The fourth-order valence-corrected chi connectivity index (χ4v) is 15.3. The lowest BCUT2D eigenvalue weighted by Gasteiger charge is -2.33. The first-order valence-electron chi connectivity index (χ1n) is 16.5. The molecule has 6 aromatic carbocycles. The second kappa shape index (κ2) is 16.0. The molecule has 0 unspecified atom stereocenters. The van der Waals surface area contributed by atoms with Crippen LogP contribution in [0.1, 0.15) is 0 Å². The number of carbonyl (C=O) groups is 4. The summed E-state index contributed by atoms with van der Waals surface area (Å²) in [5.41, 5.74) is 0. The van der Waals surface area contributed by atoms with E-state index in [1.54, 1.807) is 0 Å². The zero-order valence-electron chi connectivity index (χ0n) is 28.7. The molecule has 0 atom stereocenters. The first kappa shape index (κ1) is 36.0. The van der Waals surface area contributed by atoms with Crippen molar-refractivity contribution in [3.05, 3.63) is 182 Å². The highest BCUT2D eigenvalue weighted by atomic mass is 31.2. The highest BCUT2D eigenvalue weighted by molar-refractivity contribution is 7.99. The predicted molar refractivity (Wildman–Crippen MR) is 214 cm³/mol. The molecule has 0 heterocycles. The molecule has 0 aliphatic carbocycles. The van der Waals surface area contributed by atoms with Crippen molar-refractivity contribution in [2.24, 2.45) is 0 Å². The molecular formula is C44H36O6P2. The molecule has 6 aromatic rings. The number of benzene rings is 6. The number of carbonyl (C=O) groups excluding carboxylic acids is 4. The molecule has 0 N–H and O–H groups in total. The zero-order chi connectivity index (χ0) is 36.6. The molecule has 6 nitrogen and oxygen atoms in total. The van der Waals surface area contributed by atoms with E-state index in [9.17, 15) is 9.59 Å². The Bertz CT molecular complexity index is 1950. The monoisotopic (exact) mass is 722 g/mol. The van der Waals surface area contributed by atoms with Crippen molar-refractivity contribution in [2.75, 3.05) is 14.2 Å². The van der Waals surface area contributed by atoms with E-state index in [0.717, 1.165) is 0 Å². The van der Waals surface area contributed by atoms with Crippen LogP contribution >= 0.6 is 13.8 Å². The van der Waals surface area contributed by atoms with Gasteiger partial charge in [-0.1, -0.05) is 182 Å². The van der Waals surface area contributed by atoms with Crippen molar-refractivity contribution < 1.29 is 28.7 Å².